The van der Waals surface area contributed by atoms with Crippen molar-refractivity contribution in [2.75, 3.05) is 0 Å². The highest BCUT2D eigenvalue weighted by atomic mass is 35.5. The largest absolute Gasteiger partial charge is 0.383 e. The van der Waals surface area contributed by atoms with Crippen molar-refractivity contribution in [1.29, 1.82) is 0 Å². The zero-order valence-corrected chi connectivity index (χ0v) is 6.62. The number of hydrogen-bond acceptors (Lipinski definition) is 2. The minimum atomic E-state index is -0.728. The summed E-state index contributed by atoms with van der Waals surface area (Å²) in [5, 5.41) is 9.59. The second-order valence-corrected chi connectivity index (χ2v) is 2.45. The molecule has 0 aromatic carbocycles. The molecule has 0 aliphatic heterocycles. The molecule has 0 saturated carbocycles. The van der Waals surface area contributed by atoms with Crippen molar-refractivity contribution in [3.63, 3.8) is 0 Å². The first-order valence-electron chi connectivity index (χ1n) is 3.17. The van der Waals surface area contributed by atoms with Gasteiger partial charge in [-0.1, -0.05) is 23.7 Å². The van der Waals surface area contributed by atoms with Gasteiger partial charge in [0.15, 0.2) is 0 Å². The van der Waals surface area contributed by atoms with E-state index in [2.05, 4.69) is 11.6 Å². The third-order valence-corrected chi connectivity index (χ3v) is 1.47. The van der Waals surface area contributed by atoms with Gasteiger partial charge in [-0.3, -0.25) is 0 Å². The van der Waals surface area contributed by atoms with E-state index in [0.717, 1.165) is 0 Å². The number of aliphatic hydroxyl groups excluding tert-OH is 1. The molecule has 1 unspecified atom stereocenters. The molecular weight excluding hydrogens is 162 g/mol. The summed E-state index contributed by atoms with van der Waals surface area (Å²) in [6, 6.07) is 5.08. The van der Waals surface area contributed by atoms with Crippen molar-refractivity contribution in [2.24, 2.45) is 0 Å². The van der Waals surface area contributed by atoms with E-state index in [1.807, 2.05) is 0 Å². The second-order valence-electron chi connectivity index (χ2n) is 2.07. The van der Waals surface area contributed by atoms with Crippen LogP contribution in [0.1, 0.15) is 11.8 Å². The lowest BCUT2D eigenvalue weighted by Crippen LogP contribution is -1.95. The van der Waals surface area contributed by atoms with Gasteiger partial charge >= 0.3 is 0 Å². The van der Waals surface area contributed by atoms with Gasteiger partial charge in [0.25, 0.3) is 0 Å². The van der Waals surface area contributed by atoms with E-state index in [9.17, 15) is 5.11 Å². The SMILES string of the molecule is C=CC(O)c1cccc(Cl)n1. The lowest BCUT2D eigenvalue weighted by molar-refractivity contribution is 0.224. The Hall–Kier alpha value is -0.860. The second kappa shape index (κ2) is 3.51. The Morgan fingerprint density at radius 1 is 1.64 bits per heavy atom. The number of pyridine rings is 1. The molecule has 1 heterocycles. The molecule has 1 rings (SSSR count). The van der Waals surface area contributed by atoms with Crippen molar-refractivity contribution < 1.29 is 5.11 Å². The Balaban J connectivity index is 2.95. The van der Waals surface area contributed by atoms with Crippen molar-refractivity contribution >= 4 is 11.6 Å². The first kappa shape index (κ1) is 8.24. The molecule has 1 atom stereocenters. The normalized spacial score (nSPS) is 12.5. The lowest BCUT2D eigenvalue weighted by Gasteiger charge is -2.02. The van der Waals surface area contributed by atoms with E-state index in [4.69, 9.17) is 11.6 Å². The molecule has 0 radical (unpaired) electrons. The fourth-order valence-corrected chi connectivity index (χ4v) is 0.880. The molecule has 0 amide bonds. The van der Waals surface area contributed by atoms with Gasteiger partial charge < -0.3 is 5.11 Å². The maximum absolute atomic E-state index is 9.21. The van der Waals surface area contributed by atoms with Gasteiger partial charge in [0.2, 0.25) is 0 Å². The van der Waals surface area contributed by atoms with Crippen LogP contribution < -0.4 is 0 Å². The van der Waals surface area contributed by atoms with Gasteiger partial charge in [-0.05, 0) is 12.1 Å². The molecule has 3 heteroatoms. The van der Waals surface area contributed by atoms with Crippen LogP contribution in [0.25, 0.3) is 0 Å². The van der Waals surface area contributed by atoms with E-state index in [0.29, 0.717) is 10.8 Å². The average molecular weight is 170 g/mol. The number of hydrogen-bond donors (Lipinski definition) is 1. The van der Waals surface area contributed by atoms with Gasteiger partial charge in [0, 0.05) is 0 Å². The van der Waals surface area contributed by atoms with Crippen molar-refractivity contribution in [3.05, 3.63) is 41.7 Å². The van der Waals surface area contributed by atoms with Crippen LogP contribution in [0.3, 0.4) is 0 Å². The lowest BCUT2D eigenvalue weighted by atomic mass is 10.2. The number of rotatable bonds is 2. The number of aromatic nitrogens is 1. The molecule has 2 nitrogen and oxygen atoms in total. The summed E-state index contributed by atoms with van der Waals surface area (Å²) in [5.74, 6) is 0. The topological polar surface area (TPSA) is 33.1 Å². The number of aliphatic hydroxyl groups is 1. The first-order chi connectivity index (χ1) is 5.24. The van der Waals surface area contributed by atoms with Gasteiger partial charge in [-0.25, -0.2) is 4.98 Å². The Bertz CT molecular complexity index is 262. The Morgan fingerprint density at radius 3 is 2.91 bits per heavy atom. The van der Waals surface area contributed by atoms with Gasteiger partial charge in [0.05, 0.1) is 5.69 Å². The molecule has 11 heavy (non-hydrogen) atoms. The zero-order valence-electron chi connectivity index (χ0n) is 5.87. The predicted octanol–water partition coefficient (Wildman–Crippen LogP) is 1.95. The summed E-state index contributed by atoms with van der Waals surface area (Å²) in [7, 11) is 0. The number of halogens is 1. The summed E-state index contributed by atoms with van der Waals surface area (Å²) in [6.45, 7) is 3.43. The highest BCUT2D eigenvalue weighted by Gasteiger charge is 2.02. The zero-order chi connectivity index (χ0) is 8.27. The van der Waals surface area contributed by atoms with Crippen molar-refractivity contribution in [3.8, 4) is 0 Å². The predicted molar refractivity (Wildman–Crippen MR) is 44.4 cm³/mol. The fraction of sp³-hybridized carbons (Fsp3) is 0.125. The van der Waals surface area contributed by atoms with E-state index in [1.54, 1.807) is 18.2 Å². The molecule has 1 aromatic rings. The van der Waals surface area contributed by atoms with Gasteiger partial charge in [-0.2, -0.15) is 0 Å². The van der Waals surface area contributed by atoms with Crippen molar-refractivity contribution in [1.82, 2.24) is 4.98 Å². The standard InChI is InChI=1S/C8H8ClNO/c1-2-7(11)6-4-3-5-8(9)10-6/h2-5,7,11H,1H2. The average Bonchev–Trinajstić information content (AvgIpc) is 2.03. The van der Waals surface area contributed by atoms with Crippen LogP contribution in [0.4, 0.5) is 0 Å². The first-order valence-corrected chi connectivity index (χ1v) is 3.55. The summed E-state index contributed by atoms with van der Waals surface area (Å²) in [5.41, 5.74) is 0.521. The molecule has 1 N–H and O–H groups in total. The van der Waals surface area contributed by atoms with E-state index < -0.39 is 6.10 Å². The summed E-state index contributed by atoms with van der Waals surface area (Å²) in [6.07, 6.45) is 0.673. The van der Waals surface area contributed by atoms with Crippen LogP contribution in [0, 0.1) is 0 Å². The molecule has 1 aromatic heterocycles. The monoisotopic (exact) mass is 169 g/mol. The Labute approximate surface area is 70.2 Å². The highest BCUT2D eigenvalue weighted by molar-refractivity contribution is 6.29. The quantitative estimate of drug-likeness (QED) is 0.542. The molecule has 0 spiro atoms. The van der Waals surface area contributed by atoms with Gasteiger partial charge in [-0.15, -0.1) is 6.58 Å². The summed E-state index contributed by atoms with van der Waals surface area (Å²) >= 11 is 5.59. The molecule has 0 bridgehead atoms. The van der Waals surface area contributed by atoms with E-state index in [1.165, 1.54) is 6.08 Å². The van der Waals surface area contributed by atoms with E-state index in [-0.39, 0.29) is 0 Å². The molecule has 0 fully saturated rings. The Morgan fingerprint density at radius 2 is 2.36 bits per heavy atom. The molecular formula is C8H8ClNO. The van der Waals surface area contributed by atoms with E-state index >= 15 is 0 Å². The van der Waals surface area contributed by atoms with Crippen LogP contribution in [-0.4, -0.2) is 10.1 Å². The maximum Gasteiger partial charge on any atom is 0.129 e. The van der Waals surface area contributed by atoms with Crippen molar-refractivity contribution in [2.45, 2.75) is 6.10 Å². The van der Waals surface area contributed by atoms with Crippen LogP contribution in [0.5, 0.6) is 0 Å². The molecule has 0 aliphatic rings. The maximum atomic E-state index is 9.21. The highest BCUT2D eigenvalue weighted by Crippen LogP contribution is 2.13. The molecule has 0 saturated heterocycles. The van der Waals surface area contributed by atoms with Gasteiger partial charge in [0.1, 0.15) is 11.3 Å². The smallest absolute Gasteiger partial charge is 0.129 e. The van der Waals surface area contributed by atoms with Crippen LogP contribution in [0.2, 0.25) is 5.15 Å². The summed E-state index contributed by atoms with van der Waals surface area (Å²) < 4.78 is 0. The third kappa shape index (κ3) is 2.03. The Kier molecular flexibility index (Phi) is 2.63. The fourth-order valence-electron chi connectivity index (χ4n) is 0.709. The van der Waals surface area contributed by atoms with Crippen LogP contribution >= 0.6 is 11.6 Å². The van der Waals surface area contributed by atoms with Crippen LogP contribution in [-0.2, 0) is 0 Å². The molecule has 58 valence electrons. The minimum Gasteiger partial charge on any atom is -0.383 e. The number of nitrogens with zero attached hydrogens (tertiary/aromatic N) is 1. The third-order valence-electron chi connectivity index (χ3n) is 1.26. The minimum absolute atomic E-state index is 0.378. The summed E-state index contributed by atoms with van der Waals surface area (Å²) in [4.78, 5) is 3.89. The van der Waals surface area contributed by atoms with Crippen LogP contribution in [0.15, 0.2) is 30.9 Å². The molecule has 0 aliphatic carbocycles.